The molecule has 0 saturated carbocycles. The van der Waals surface area contributed by atoms with E-state index in [0.29, 0.717) is 12.1 Å². The lowest BCUT2D eigenvalue weighted by Gasteiger charge is -2.22. The van der Waals surface area contributed by atoms with Gasteiger partial charge in [-0.2, -0.15) is 13.2 Å². The Balaban J connectivity index is 1.75. The van der Waals surface area contributed by atoms with Crippen molar-refractivity contribution in [2.45, 2.75) is 25.9 Å². The van der Waals surface area contributed by atoms with E-state index in [4.69, 9.17) is 5.11 Å². The second kappa shape index (κ2) is 7.44. The molecule has 2 saturated heterocycles. The zero-order chi connectivity index (χ0) is 20.6. The summed E-state index contributed by atoms with van der Waals surface area (Å²) in [5, 5.41) is 9.10. The number of carbonyl (C=O) groups is 3. The minimum atomic E-state index is -4.70. The Morgan fingerprint density at radius 2 is 1.86 bits per heavy atom. The van der Waals surface area contributed by atoms with Crippen molar-refractivity contribution in [3.8, 4) is 0 Å². The molecule has 1 N–H and O–H groups in total. The Morgan fingerprint density at radius 3 is 2.43 bits per heavy atom. The number of benzene rings is 1. The largest absolute Gasteiger partial charge is 0.481 e. The van der Waals surface area contributed by atoms with E-state index in [9.17, 15) is 27.6 Å². The van der Waals surface area contributed by atoms with E-state index >= 15 is 0 Å². The van der Waals surface area contributed by atoms with Gasteiger partial charge in [0, 0.05) is 31.7 Å². The fourth-order valence-corrected chi connectivity index (χ4v) is 4.00. The van der Waals surface area contributed by atoms with Gasteiger partial charge in [-0.15, -0.1) is 0 Å². The average molecular weight is 398 g/mol. The van der Waals surface area contributed by atoms with Crippen LogP contribution in [0.4, 0.5) is 18.9 Å². The molecule has 3 atom stereocenters. The molecule has 0 bridgehead atoms. The molecule has 152 valence electrons. The number of hydrogen-bond donors (Lipinski definition) is 1. The summed E-state index contributed by atoms with van der Waals surface area (Å²) < 4.78 is 39.5. The minimum absolute atomic E-state index is 0.0829. The molecule has 0 aromatic heterocycles. The fourth-order valence-electron chi connectivity index (χ4n) is 4.00. The predicted octanol–water partition coefficient (Wildman–Crippen LogP) is 2.32. The number of nitrogens with zero attached hydrogens (tertiary/aromatic N) is 2. The molecular weight excluding hydrogens is 377 g/mol. The first kappa shape index (κ1) is 20.2. The lowest BCUT2D eigenvalue weighted by atomic mass is 9.96. The molecule has 2 fully saturated rings. The summed E-state index contributed by atoms with van der Waals surface area (Å²) in [5.41, 5.74) is 1.64. The maximum Gasteiger partial charge on any atom is 0.394 e. The first-order valence-electron chi connectivity index (χ1n) is 9.10. The molecular formula is C19H21F3N2O4. The Labute approximate surface area is 159 Å². The van der Waals surface area contributed by atoms with Gasteiger partial charge in [0.15, 0.2) is 0 Å². The van der Waals surface area contributed by atoms with Gasteiger partial charge >= 0.3 is 12.1 Å². The Kier molecular flexibility index (Phi) is 5.36. The normalized spacial score (nSPS) is 25.4. The minimum Gasteiger partial charge on any atom is -0.481 e. The number of para-hydroxylation sites is 1. The van der Waals surface area contributed by atoms with E-state index < -0.39 is 48.9 Å². The van der Waals surface area contributed by atoms with Crippen LogP contribution in [0.5, 0.6) is 0 Å². The number of alkyl halides is 3. The molecule has 1 unspecified atom stereocenters. The number of carbonyl (C=O) groups excluding carboxylic acids is 2. The summed E-state index contributed by atoms with van der Waals surface area (Å²) in [6, 6.07) is 7.28. The van der Waals surface area contributed by atoms with Crippen LogP contribution in [0.3, 0.4) is 0 Å². The number of aryl methyl sites for hydroxylation is 1. The molecule has 0 aliphatic carbocycles. The van der Waals surface area contributed by atoms with Crippen molar-refractivity contribution in [1.82, 2.24) is 4.90 Å². The van der Waals surface area contributed by atoms with Gasteiger partial charge in [-0.25, -0.2) is 0 Å². The van der Waals surface area contributed by atoms with E-state index in [-0.39, 0.29) is 18.9 Å². The molecule has 2 aliphatic heterocycles. The van der Waals surface area contributed by atoms with Crippen molar-refractivity contribution < 1.29 is 32.7 Å². The van der Waals surface area contributed by atoms with Crippen LogP contribution in [0, 0.1) is 17.8 Å². The first-order chi connectivity index (χ1) is 13.1. The maximum atomic E-state index is 13.2. The van der Waals surface area contributed by atoms with Crippen LogP contribution < -0.4 is 4.90 Å². The molecule has 28 heavy (non-hydrogen) atoms. The standard InChI is InChI=1S/C19H21F3N2O4/c1-2-11-5-3-4-6-15(11)24-8-12(7-16(24)25)17(26)23-9-13(18(27)28)14(10-23)19(20,21)22/h3-6,12-14H,2,7-10H2,1H3,(H,27,28)/t12?,13-,14-/m1/s1. The lowest BCUT2D eigenvalue weighted by molar-refractivity contribution is -0.188. The van der Waals surface area contributed by atoms with Crippen molar-refractivity contribution in [2.24, 2.45) is 17.8 Å². The van der Waals surface area contributed by atoms with Gasteiger partial charge in [-0.3, -0.25) is 14.4 Å². The van der Waals surface area contributed by atoms with Gasteiger partial charge in [0.1, 0.15) is 0 Å². The molecule has 0 spiro atoms. The zero-order valence-corrected chi connectivity index (χ0v) is 15.3. The summed E-state index contributed by atoms with van der Waals surface area (Å²) in [6.45, 7) is 0.847. The molecule has 6 nitrogen and oxygen atoms in total. The number of anilines is 1. The number of likely N-dealkylation sites (tertiary alicyclic amines) is 1. The second-order valence-electron chi connectivity index (χ2n) is 7.22. The topological polar surface area (TPSA) is 77.9 Å². The summed E-state index contributed by atoms with van der Waals surface area (Å²) >= 11 is 0. The van der Waals surface area contributed by atoms with E-state index in [1.165, 1.54) is 4.90 Å². The fraction of sp³-hybridized carbons (Fsp3) is 0.526. The average Bonchev–Trinajstić information content (AvgIpc) is 3.25. The summed E-state index contributed by atoms with van der Waals surface area (Å²) in [7, 11) is 0. The van der Waals surface area contributed by atoms with Gasteiger partial charge in [0.2, 0.25) is 11.8 Å². The van der Waals surface area contributed by atoms with E-state index in [2.05, 4.69) is 0 Å². The van der Waals surface area contributed by atoms with Crippen LogP contribution in [0.1, 0.15) is 18.9 Å². The van der Waals surface area contributed by atoms with E-state index in [1.54, 1.807) is 12.1 Å². The van der Waals surface area contributed by atoms with Crippen LogP contribution in [-0.4, -0.2) is 53.6 Å². The number of halogens is 3. The highest BCUT2D eigenvalue weighted by Crippen LogP contribution is 2.39. The Bertz CT molecular complexity index is 796. The smallest absolute Gasteiger partial charge is 0.394 e. The maximum absolute atomic E-state index is 13.2. The third-order valence-corrected chi connectivity index (χ3v) is 5.51. The van der Waals surface area contributed by atoms with Gasteiger partial charge in [-0.1, -0.05) is 25.1 Å². The van der Waals surface area contributed by atoms with Crippen LogP contribution in [0.25, 0.3) is 0 Å². The van der Waals surface area contributed by atoms with Crippen molar-refractivity contribution in [3.05, 3.63) is 29.8 Å². The highest BCUT2D eigenvalue weighted by atomic mass is 19.4. The third kappa shape index (κ3) is 3.70. The van der Waals surface area contributed by atoms with Crippen LogP contribution in [-0.2, 0) is 20.8 Å². The van der Waals surface area contributed by atoms with E-state index in [0.717, 1.165) is 10.5 Å². The molecule has 1 aromatic carbocycles. The summed E-state index contributed by atoms with van der Waals surface area (Å²) in [6.07, 6.45) is -4.10. The molecule has 1 aromatic rings. The Morgan fingerprint density at radius 1 is 1.18 bits per heavy atom. The van der Waals surface area contributed by atoms with Crippen LogP contribution in [0.2, 0.25) is 0 Å². The predicted molar refractivity (Wildman–Crippen MR) is 93.5 cm³/mol. The number of hydrogen-bond acceptors (Lipinski definition) is 3. The van der Waals surface area contributed by atoms with Crippen molar-refractivity contribution >= 4 is 23.5 Å². The SMILES string of the molecule is CCc1ccccc1N1CC(C(=O)N2C[C@@H](C(F)(F)F)[C@H](C(=O)O)C2)CC1=O. The monoisotopic (exact) mass is 398 g/mol. The van der Waals surface area contributed by atoms with Crippen molar-refractivity contribution in [1.29, 1.82) is 0 Å². The Hall–Kier alpha value is -2.58. The van der Waals surface area contributed by atoms with Crippen LogP contribution >= 0.6 is 0 Å². The van der Waals surface area contributed by atoms with Gasteiger partial charge in [0.05, 0.1) is 17.8 Å². The third-order valence-electron chi connectivity index (χ3n) is 5.51. The molecule has 0 radical (unpaired) electrons. The number of rotatable bonds is 4. The molecule has 2 amide bonds. The highest BCUT2D eigenvalue weighted by molar-refractivity contribution is 6.01. The van der Waals surface area contributed by atoms with E-state index in [1.807, 2.05) is 19.1 Å². The highest BCUT2D eigenvalue weighted by Gasteiger charge is 2.54. The molecule has 2 aliphatic rings. The van der Waals surface area contributed by atoms with Gasteiger partial charge in [0.25, 0.3) is 0 Å². The van der Waals surface area contributed by atoms with Crippen molar-refractivity contribution in [2.75, 3.05) is 24.5 Å². The second-order valence-corrected chi connectivity index (χ2v) is 7.22. The van der Waals surface area contributed by atoms with Gasteiger partial charge in [-0.05, 0) is 18.1 Å². The number of aliphatic carboxylic acids is 1. The first-order valence-corrected chi connectivity index (χ1v) is 9.10. The number of carboxylic acid groups (broad SMARTS) is 1. The molecule has 2 heterocycles. The van der Waals surface area contributed by atoms with Crippen molar-refractivity contribution in [3.63, 3.8) is 0 Å². The lowest BCUT2D eigenvalue weighted by Crippen LogP contribution is -2.37. The van der Waals surface area contributed by atoms with Crippen LogP contribution in [0.15, 0.2) is 24.3 Å². The quantitative estimate of drug-likeness (QED) is 0.845. The number of amides is 2. The molecule has 3 rings (SSSR count). The summed E-state index contributed by atoms with van der Waals surface area (Å²) in [5.74, 6) is -6.98. The molecule has 9 heteroatoms. The number of carboxylic acids is 1. The summed E-state index contributed by atoms with van der Waals surface area (Å²) in [4.78, 5) is 38.9. The van der Waals surface area contributed by atoms with Gasteiger partial charge < -0.3 is 14.9 Å². The zero-order valence-electron chi connectivity index (χ0n) is 15.3.